The van der Waals surface area contributed by atoms with Gasteiger partial charge in [-0.25, -0.2) is 0 Å². The number of carbonyl (C=O) groups excluding carboxylic acids is 2. The second kappa shape index (κ2) is 9.85. The zero-order chi connectivity index (χ0) is 20.8. The molecule has 0 aliphatic carbocycles. The molecular weight excluding hydrogens is 396 g/mol. The SMILES string of the molecule is O=C(CCSc1ccccc1)NCC1CCN(C(=O)c2cc3ccccc3o2)CC1. The van der Waals surface area contributed by atoms with Gasteiger partial charge in [-0.15, -0.1) is 11.8 Å². The van der Waals surface area contributed by atoms with Crippen LogP contribution in [0.1, 0.15) is 29.8 Å². The van der Waals surface area contributed by atoms with Crippen molar-refractivity contribution in [1.29, 1.82) is 0 Å². The number of thioether (sulfide) groups is 1. The fraction of sp³-hybridized carbons (Fsp3) is 0.333. The van der Waals surface area contributed by atoms with Gasteiger partial charge in [-0.05, 0) is 43.0 Å². The highest BCUT2D eigenvalue weighted by atomic mass is 32.2. The molecule has 3 aromatic rings. The Kier molecular flexibility index (Phi) is 6.74. The minimum absolute atomic E-state index is 0.0494. The fourth-order valence-corrected chi connectivity index (χ4v) is 4.58. The van der Waals surface area contributed by atoms with Gasteiger partial charge in [0.2, 0.25) is 5.91 Å². The number of piperidine rings is 1. The molecular formula is C24H26N2O3S. The van der Waals surface area contributed by atoms with Crippen LogP contribution >= 0.6 is 11.8 Å². The number of carbonyl (C=O) groups is 2. The van der Waals surface area contributed by atoms with E-state index in [2.05, 4.69) is 17.4 Å². The monoisotopic (exact) mass is 422 g/mol. The number of benzene rings is 2. The maximum Gasteiger partial charge on any atom is 0.289 e. The summed E-state index contributed by atoms with van der Waals surface area (Å²) < 4.78 is 5.71. The normalized spacial score (nSPS) is 14.7. The van der Waals surface area contributed by atoms with Gasteiger partial charge >= 0.3 is 0 Å². The van der Waals surface area contributed by atoms with E-state index in [4.69, 9.17) is 4.42 Å². The topological polar surface area (TPSA) is 62.6 Å². The Morgan fingerprint density at radius 1 is 1.03 bits per heavy atom. The highest BCUT2D eigenvalue weighted by Crippen LogP contribution is 2.23. The molecule has 30 heavy (non-hydrogen) atoms. The van der Waals surface area contributed by atoms with Crippen molar-refractivity contribution in [3.63, 3.8) is 0 Å². The summed E-state index contributed by atoms with van der Waals surface area (Å²) in [5.74, 6) is 1.64. The number of nitrogens with one attached hydrogen (secondary N) is 1. The lowest BCUT2D eigenvalue weighted by molar-refractivity contribution is -0.120. The first-order valence-corrected chi connectivity index (χ1v) is 11.4. The van der Waals surface area contributed by atoms with Gasteiger partial charge in [-0.2, -0.15) is 0 Å². The van der Waals surface area contributed by atoms with Gasteiger partial charge in [-0.1, -0.05) is 36.4 Å². The van der Waals surface area contributed by atoms with Gasteiger partial charge in [0.15, 0.2) is 5.76 Å². The van der Waals surface area contributed by atoms with Gasteiger partial charge in [0.05, 0.1) is 0 Å². The molecule has 0 bridgehead atoms. The summed E-state index contributed by atoms with van der Waals surface area (Å²) >= 11 is 1.70. The van der Waals surface area contributed by atoms with E-state index in [1.165, 1.54) is 4.90 Å². The highest BCUT2D eigenvalue weighted by Gasteiger charge is 2.25. The van der Waals surface area contributed by atoms with Crippen LogP contribution in [0.3, 0.4) is 0 Å². The first-order valence-electron chi connectivity index (χ1n) is 10.4. The van der Waals surface area contributed by atoms with Crippen molar-refractivity contribution >= 4 is 34.5 Å². The van der Waals surface area contributed by atoms with E-state index < -0.39 is 0 Å². The summed E-state index contributed by atoms with van der Waals surface area (Å²) in [7, 11) is 0. The quantitative estimate of drug-likeness (QED) is 0.566. The Morgan fingerprint density at radius 3 is 2.53 bits per heavy atom. The first-order chi connectivity index (χ1) is 14.7. The lowest BCUT2D eigenvalue weighted by atomic mass is 9.96. The third-order valence-electron chi connectivity index (χ3n) is 5.47. The van der Waals surface area contributed by atoms with Gasteiger partial charge in [0.25, 0.3) is 5.91 Å². The van der Waals surface area contributed by atoms with Crippen LogP contribution in [-0.2, 0) is 4.79 Å². The van der Waals surface area contributed by atoms with E-state index in [9.17, 15) is 9.59 Å². The molecule has 0 radical (unpaired) electrons. The van der Waals surface area contributed by atoms with Crippen molar-refractivity contribution in [2.24, 2.45) is 5.92 Å². The summed E-state index contributed by atoms with van der Waals surface area (Å²) in [6.45, 7) is 2.07. The number of rotatable bonds is 7. The van der Waals surface area contributed by atoms with Crippen molar-refractivity contribution in [1.82, 2.24) is 10.2 Å². The minimum Gasteiger partial charge on any atom is -0.451 e. The molecule has 1 saturated heterocycles. The average molecular weight is 423 g/mol. The molecule has 2 amide bonds. The molecule has 5 nitrogen and oxygen atoms in total. The lowest BCUT2D eigenvalue weighted by Gasteiger charge is -2.31. The average Bonchev–Trinajstić information content (AvgIpc) is 3.23. The fourth-order valence-electron chi connectivity index (χ4n) is 3.71. The maximum atomic E-state index is 12.7. The van der Waals surface area contributed by atoms with Crippen molar-refractivity contribution in [3.05, 3.63) is 66.4 Å². The van der Waals surface area contributed by atoms with E-state index in [0.717, 1.165) is 29.6 Å². The van der Waals surface area contributed by atoms with Crippen LogP contribution in [0.2, 0.25) is 0 Å². The van der Waals surface area contributed by atoms with Crippen LogP contribution < -0.4 is 5.32 Å². The van der Waals surface area contributed by atoms with E-state index in [-0.39, 0.29) is 11.8 Å². The Morgan fingerprint density at radius 2 is 1.77 bits per heavy atom. The Hall–Kier alpha value is -2.73. The number of para-hydroxylation sites is 1. The molecule has 2 aromatic carbocycles. The third-order valence-corrected chi connectivity index (χ3v) is 6.48. The zero-order valence-corrected chi connectivity index (χ0v) is 17.7. The van der Waals surface area contributed by atoms with Gasteiger partial charge in [-0.3, -0.25) is 9.59 Å². The maximum absolute atomic E-state index is 12.7. The number of likely N-dealkylation sites (tertiary alicyclic amines) is 1. The molecule has 1 aliphatic heterocycles. The Balaban J connectivity index is 1.17. The van der Waals surface area contributed by atoms with Crippen molar-refractivity contribution in [2.45, 2.75) is 24.2 Å². The van der Waals surface area contributed by atoms with Crippen LogP contribution in [0.15, 0.2) is 70.0 Å². The second-order valence-electron chi connectivity index (χ2n) is 7.60. The van der Waals surface area contributed by atoms with E-state index in [1.807, 2.05) is 53.4 Å². The number of nitrogens with zero attached hydrogens (tertiary/aromatic N) is 1. The summed E-state index contributed by atoms with van der Waals surface area (Å²) in [6.07, 6.45) is 2.30. The molecule has 4 rings (SSSR count). The summed E-state index contributed by atoms with van der Waals surface area (Å²) in [5, 5.41) is 4.01. The first kappa shape index (κ1) is 20.5. The summed E-state index contributed by atoms with van der Waals surface area (Å²) in [4.78, 5) is 27.9. The summed E-state index contributed by atoms with van der Waals surface area (Å²) in [6, 6.07) is 19.6. The molecule has 6 heteroatoms. The number of fused-ring (bicyclic) bond motifs is 1. The molecule has 0 unspecified atom stereocenters. The van der Waals surface area contributed by atoms with Crippen LogP contribution in [0.4, 0.5) is 0 Å². The van der Waals surface area contributed by atoms with Crippen LogP contribution in [0, 0.1) is 5.92 Å². The molecule has 1 N–H and O–H groups in total. The molecule has 0 atom stereocenters. The number of furan rings is 1. The standard InChI is InChI=1S/C24H26N2O3S/c27-23(12-15-30-20-7-2-1-3-8-20)25-17-18-10-13-26(14-11-18)24(28)22-16-19-6-4-5-9-21(19)29-22/h1-9,16,18H,10-15,17H2,(H,25,27). The molecule has 0 spiro atoms. The predicted molar refractivity (Wildman–Crippen MR) is 120 cm³/mol. The largest absolute Gasteiger partial charge is 0.451 e. The minimum atomic E-state index is -0.0494. The van der Waals surface area contributed by atoms with Crippen molar-refractivity contribution in [3.8, 4) is 0 Å². The number of amides is 2. The molecule has 1 fully saturated rings. The van der Waals surface area contributed by atoms with Gasteiger partial charge in [0, 0.05) is 42.1 Å². The van der Waals surface area contributed by atoms with Crippen LogP contribution in [-0.4, -0.2) is 42.1 Å². The summed E-state index contributed by atoms with van der Waals surface area (Å²) in [5.41, 5.74) is 0.740. The Labute approximate surface area is 180 Å². The van der Waals surface area contributed by atoms with E-state index in [1.54, 1.807) is 11.8 Å². The molecule has 156 valence electrons. The van der Waals surface area contributed by atoms with Gasteiger partial charge < -0.3 is 14.6 Å². The zero-order valence-electron chi connectivity index (χ0n) is 16.9. The molecule has 2 heterocycles. The van der Waals surface area contributed by atoms with Crippen LogP contribution in [0.25, 0.3) is 11.0 Å². The van der Waals surface area contributed by atoms with Crippen LogP contribution in [0.5, 0.6) is 0 Å². The smallest absolute Gasteiger partial charge is 0.289 e. The number of hydrogen-bond acceptors (Lipinski definition) is 4. The third kappa shape index (κ3) is 5.25. The van der Waals surface area contributed by atoms with Crippen molar-refractivity contribution in [2.75, 3.05) is 25.4 Å². The molecule has 1 aliphatic rings. The molecule has 1 aromatic heterocycles. The van der Waals surface area contributed by atoms with E-state index >= 15 is 0 Å². The second-order valence-corrected chi connectivity index (χ2v) is 8.77. The molecule has 0 saturated carbocycles. The lowest BCUT2D eigenvalue weighted by Crippen LogP contribution is -2.41. The highest BCUT2D eigenvalue weighted by molar-refractivity contribution is 7.99. The van der Waals surface area contributed by atoms with E-state index in [0.29, 0.717) is 37.7 Å². The van der Waals surface area contributed by atoms with Crippen molar-refractivity contribution < 1.29 is 14.0 Å². The Bertz CT molecular complexity index is 961. The predicted octanol–water partition coefficient (Wildman–Crippen LogP) is 4.58. The number of hydrogen-bond donors (Lipinski definition) is 1. The van der Waals surface area contributed by atoms with Gasteiger partial charge in [0.1, 0.15) is 5.58 Å².